The Kier molecular flexibility index (Phi) is 8.87. The van der Waals surface area contributed by atoms with Crippen molar-refractivity contribution in [2.75, 3.05) is 41.0 Å². The summed E-state index contributed by atoms with van der Waals surface area (Å²) in [6.07, 6.45) is 1.73. The number of hydrogen-bond acceptors (Lipinski definition) is 6. The molecule has 1 aromatic carbocycles. The molecule has 0 fully saturated rings. The zero-order valence-electron chi connectivity index (χ0n) is 17.3. The fourth-order valence-corrected chi connectivity index (χ4v) is 3.42. The first kappa shape index (κ1) is 21.8. The zero-order chi connectivity index (χ0) is 20.4. The van der Waals surface area contributed by atoms with Crippen LogP contribution >= 0.6 is 11.3 Å². The molecule has 0 unspecified atom stereocenters. The van der Waals surface area contributed by atoms with Gasteiger partial charge in [0.15, 0.2) is 5.96 Å². The first-order valence-corrected chi connectivity index (χ1v) is 10.1. The van der Waals surface area contributed by atoms with Crippen LogP contribution in [0.4, 0.5) is 0 Å². The maximum Gasteiger partial charge on any atom is 0.190 e. The van der Waals surface area contributed by atoms with Gasteiger partial charge in [0.05, 0.1) is 31.5 Å². The van der Waals surface area contributed by atoms with E-state index in [0.717, 1.165) is 48.3 Å². The molecule has 1 aromatic heterocycles. The zero-order valence-corrected chi connectivity index (χ0v) is 18.1. The van der Waals surface area contributed by atoms with Crippen LogP contribution in [-0.2, 0) is 6.42 Å². The van der Waals surface area contributed by atoms with E-state index in [4.69, 9.17) is 14.2 Å². The van der Waals surface area contributed by atoms with Crippen LogP contribution in [-0.4, -0.2) is 51.9 Å². The minimum atomic E-state index is 0.581. The molecule has 0 aliphatic carbocycles. The van der Waals surface area contributed by atoms with Crippen molar-refractivity contribution in [2.45, 2.75) is 26.7 Å². The van der Waals surface area contributed by atoms with Gasteiger partial charge in [-0.2, -0.15) is 0 Å². The second-order valence-electron chi connectivity index (χ2n) is 6.18. The molecule has 0 saturated carbocycles. The summed E-state index contributed by atoms with van der Waals surface area (Å²) in [7, 11) is 5.02. The van der Waals surface area contributed by atoms with Crippen LogP contribution in [0.25, 0.3) is 0 Å². The lowest BCUT2D eigenvalue weighted by atomic mass is 10.3. The molecular formula is C20H30N4O3S. The highest BCUT2D eigenvalue weighted by Crippen LogP contribution is 2.27. The van der Waals surface area contributed by atoms with Crippen molar-refractivity contribution in [1.29, 1.82) is 0 Å². The Morgan fingerprint density at radius 2 is 1.68 bits per heavy atom. The number of hydrogen-bond donors (Lipinski definition) is 2. The van der Waals surface area contributed by atoms with E-state index >= 15 is 0 Å². The van der Waals surface area contributed by atoms with Crippen LogP contribution in [0.5, 0.6) is 17.2 Å². The van der Waals surface area contributed by atoms with Gasteiger partial charge in [-0.1, -0.05) is 0 Å². The fourth-order valence-electron chi connectivity index (χ4n) is 2.49. The van der Waals surface area contributed by atoms with Gasteiger partial charge >= 0.3 is 0 Å². The third kappa shape index (κ3) is 6.92. The summed E-state index contributed by atoms with van der Waals surface area (Å²) in [4.78, 5) is 10.1. The van der Waals surface area contributed by atoms with Crippen molar-refractivity contribution in [3.8, 4) is 17.2 Å². The number of ether oxygens (including phenoxy) is 3. The van der Waals surface area contributed by atoms with Crippen molar-refractivity contribution in [3.63, 3.8) is 0 Å². The van der Waals surface area contributed by atoms with Gasteiger partial charge in [0.25, 0.3) is 0 Å². The summed E-state index contributed by atoms with van der Waals surface area (Å²) >= 11 is 1.76. The number of nitrogens with zero attached hydrogens (tertiary/aromatic N) is 2. The average Bonchev–Trinajstić information content (AvgIpc) is 3.03. The molecule has 0 atom stereocenters. The summed E-state index contributed by atoms with van der Waals surface area (Å²) < 4.78 is 16.3. The van der Waals surface area contributed by atoms with E-state index in [1.807, 2.05) is 25.1 Å². The van der Waals surface area contributed by atoms with Crippen LogP contribution in [0.1, 0.15) is 22.0 Å². The Hall–Kier alpha value is -2.48. The van der Waals surface area contributed by atoms with Gasteiger partial charge in [-0.3, -0.25) is 4.99 Å². The third-order valence-corrected chi connectivity index (χ3v) is 5.27. The van der Waals surface area contributed by atoms with Crippen LogP contribution in [0.15, 0.2) is 23.2 Å². The van der Waals surface area contributed by atoms with E-state index in [1.165, 1.54) is 4.88 Å². The van der Waals surface area contributed by atoms with Gasteiger partial charge in [0.1, 0.15) is 17.2 Å². The third-order valence-electron chi connectivity index (χ3n) is 4.13. The number of nitrogens with one attached hydrogen (secondary N) is 2. The Bertz CT molecular complexity index is 735. The number of aliphatic imine (C=N–C) groups is 1. The van der Waals surface area contributed by atoms with Gasteiger partial charge in [-0.05, 0) is 20.3 Å². The molecule has 8 heteroatoms. The summed E-state index contributed by atoms with van der Waals surface area (Å²) in [6.45, 7) is 6.29. The van der Waals surface area contributed by atoms with Crippen molar-refractivity contribution >= 4 is 17.3 Å². The average molecular weight is 407 g/mol. The summed E-state index contributed by atoms with van der Waals surface area (Å²) in [5, 5.41) is 7.77. The molecule has 0 radical (unpaired) electrons. The van der Waals surface area contributed by atoms with Gasteiger partial charge in [-0.25, -0.2) is 4.98 Å². The molecule has 7 nitrogen and oxygen atoms in total. The standard InChI is InChI=1S/C20H30N4O3S/c1-14-15(2)28-19(24-14)7-9-23-20(21-3)22-8-6-10-27-18-12-16(25-4)11-17(13-18)26-5/h11-13H,6-10H2,1-5H3,(H2,21,22,23). The second kappa shape index (κ2) is 11.4. The lowest BCUT2D eigenvalue weighted by Gasteiger charge is -2.12. The Morgan fingerprint density at radius 1 is 1.04 bits per heavy atom. The lowest BCUT2D eigenvalue weighted by Crippen LogP contribution is -2.39. The Labute approximate surface area is 171 Å². The number of rotatable bonds is 10. The van der Waals surface area contributed by atoms with E-state index in [0.29, 0.717) is 18.1 Å². The molecule has 0 aliphatic rings. The molecule has 0 spiro atoms. The minimum Gasteiger partial charge on any atom is -0.496 e. The Morgan fingerprint density at radius 3 is 2.25 bits per heavy atom. The number of aromatic nitrogens is 1. The quantitative estimate of drug-likeness (QED) is 0.359. The number of benzene rings is 1. The first-order valence-electron chi connectivity index (χ1n) is 9.29. The molecule has 154 valence electrons. The van der Waals surface area contributed by atoms with E-state index in [9.17, 15) is 0 Å². The van der Waals surface area contributed by atoms with Crippen LogP contribution in [0, 0.1) is 13.8 Å². The van der Waals surface area contributed by atoms with E-state index in [1.54, 1.807) is 32.6 Å². The number of methoxy groups -OCH3 is 2. The highest BCUT2D eigenvalue weighted by Gasteiger charge is 2.05. The van der Waals surface area contributed by atoms with E-state index in [-0.39, 0.29) is 0 Å². The monoisotopic (exact) mass is 406 g/mol. The van der Waals surface area contributed by atoms with Crippen LogP contribution < -0.4 is 24.8 Å². The molecule has 0 aliphatic heterocycles. The van der Waals surface area contributed by atoms with Gasteiger partial charge in [-0.15, -0.1) is 11.3 Å². The van der Waals surface area contributed by atoms with Crippen molar-refractivity contribution in [2.24, 2.45) is 4.99 Å². The molecule has 1 heterocycles. The number of aryl methyl sites for hydroxylation is 2. The SMILES string of the molecule is CN=C(NCCCOc1cc(OC)cc(OC)c1)NCCc1nc(C)c(C)s1. The maximum atomic E-state index is 5.79. The van der Waals surface area contributed by atoms with Crippen LogP contribution in [0.3, 0.4) is 0 Å². The molecule has 2 aromatic rings. The molecule has 28 heavy (non-hydrogen) atoms. The minimum absolute atomic E-state index is 0.581. The summed E-state index contributed by atoms with van der Waals surface area (Å²) in [5.74, 6) is 2.94. The van der Waals surface area contributed by atoms with Gasteiger partial charge in [0.2, 0.25) is 0 Å². The van der Waals surface area contributed by atoms with Crippen molar-refractivity contribution in [1.82, 2.24) is 15.6 Å². The van der Waals surface area contributed by atoms with Gasteiger partial charge in [0, 0.05) is 49.6 Å². The number of guanidine groups is 1. The predicted octanol–water partition coefficient (Wildman–Crippen LogP) is 2.95. The second-order valence-corrected chi connectivity index (χ2v) is 7.46. The maximum absolute atomic E-state index is 5.79. The molecular weight excluding hydrogens is 376 g/mol. The largest absolute Gasteiger partial charge is 0.496 e. The topological polar surface area (TPSA) is 77.0 Å². The van der Waals surface area contributed by atoms with Crippen LogP contribution in [0.2, 0.25) is 0 Å². The summed E-state index contributed by atoms with van der Waals surface area (Å²) in [5.41, 5.74) is 1.12. The number of thiazole rings is 1. The molecule has 2 rings (SSSR count). The van der Waals surface area contributed by atoms with Crippen molar-refractivity contribution < 1.29 is 14.2 Å². The normalized spacial score (nSPS) is 11.2. The smallest absolute Gasteiger partial charge is 0.190 e. The van der Waals surface area contributed by atoms with Crippen molar-refractivity contribution in [3.05, 3.63) is 33.8 Å². The predicted molar refractivity (Wildman–Crippen MR) is 114 cm³/mol. The molecule has 2 N–H and O–H groups in total. The molecule has 0 saturated heterocycles. The highest BCUT2D eigenvalue weighted by atomic mass is 32.1. The highest BCUT2D eigenvalue weighted by molar-refractivity contribution is 7.11. The lowest BCUT2D eigenvalue weighted by molar-refractivity contribution is 0.305. The Balaban J connectivity index is 1.66. The van der Waals surface area contributed by atoms with E-state index in [2.05, 4.69) is 27.5 Å². The molecule has 0 amide bonds. The first-order chi connectivity index (χ1) is 13.5. The van der Waals surface area contributed by atoms with E-state index < -0.39 is 0 Å². The fraction of sp³-hybridized carbons (Fsp3) is 0.500. The van der Waals surface area contributed by atoms with Gasteiger partial charge < -0.3 is 24.8 Å². The summed E-state index contributed by atoms with van der Waals surface area (Å²) in [6, 6.07) is 5.51. The molecule has 0 bridgehead atoms.